The van der Waals surface area contributed by atoms with E-state index in [1.807, 2.05) is 0 Å². The van der Waals surface area contributed by atoms with E-state index in [4.69, 9.17) is 4.74 Å². The summed E-state index contributed by atoms with van der Waals surface area (Å²) in [6.45, 7) is 2.46. The van der Waals surface area contributed by atoms with Gasteiger partial charge >= 0.3 is 11.7 Å². The maximum Gasteiger partial charge on any atom is 0.356 e. The van der Waals surface area contributed by atoms with E-state index in [-0.39, 0.29) is 17.3 Å². The van der Waals surface area contributed by atoms with Gasteiger partial charge in [0.15, 0.2) is 5.69 Å². The van der Waals surface area contributed by atoms with E-state index < -0.39 is 10.9 Å². The molecule has 7 nitrogen and oxygen atoms in total. The summed E-state index contributed by atoms with van der Waals surface area (Å²) in [6, 6.07) is 2.45. The minimum Gasteiger partial charge on any atom is -0.473 e. The number of methoxy groups -OCH3 is 1. The smallest absolute Gasteiger partial charge is 0.356 e. The maximum atomic E-state index is 11.4. The summed E-state index contributed by atoms with van der Waals surface area (Å²) in [7, 11) is 1.22. The monoisotopic (exact) mass is 296 g/mol. The summed E-state index contributed by atoms with van der Waals surface area (Å²) in [6.07, 6.45) is 5.21. The number of carbonyl (C=O) groups excluding carboxylic acids is 1. The number of pyridine rings is 1. The lowest BCUT2D eigenvalue weighted by molar-refractivity contribution is -0.386. The zero-order chi connectivity index (χ0) is 15.7. The van der Waals surface area contributed by atoms with E-state index in [9.17, 15) is 14.9 Å². The highest BCUT2D eigenvalue weighted by Crippen LogP contribution is 2.25. The first-order valence-electron chi connectivity index (χ1n) is 6.96. The van der Waals surface area contributed by atoms with Crippen molar-refractivity contribution in [2.45, 2.75) is 39.0 Å². The molecule has 0 aliphatic heterocycles. The van der Waals surface area contributed by atoms with Crippen molar-refractivity contribution in [1.29, 1.82) is 0 Å². The molecule has 1 aromatic heterocycles. The fraction of sp³-hybridized carbons (Fsp3) is 0.571. The van der Waals surface area contributed by atoms with Crippen molar-refractivity contribution in [3.8, 4) is 5.88 Å². The van der Waals surface area contributed by atoms with Crippen molar-refractivity contribution in [2.24, 2.45) is 0 Å². The van der Waals surface area contributed by atoms with Crippen LogP contribution in [-0.4, -0.2) is 29.6 Å². The van der Waals surface area contributed by atoms with Gasteiger partial charge in [-0.25, -0.2) is 9.78 Å². The molecule has 116 valence electrons. The van der Waals surface area contributed by atoms with Gasteiger partial charge in [0.2, 0.25) is 0 Å². The van der Waals surface area contributed by atoms with Crippen LogP contribution in [0.15, 0.2) is 12.1 Å². The number of ether oxygens (including phenoxy) is 2. The SMILES string of the molecule is CCCCCCCOc1nc(C(=O)OC)ccc1[N+](=O)[O-]. The van der Waals surface area contributed by atoms with Gasteiger partial charge in [-0.3, -0.25) is 10.1 Å². The Hall–Kier alpha value is -2.18. The van der Waals surface area contributed by atoms with Gasteiger partial charge in [-0.15, -0.1) is 0 Å². The first-order chi connectivity index (χ1) is 10.1. The number of hydrogen-bond acceptors (Lipinski definition) is 6. The van der Waals surface area contributed by atoms with Crippen LogP contribution in [0.4, 0.5) is 5.69 Å². The Kier molecular flexibility index (Phi) is 7.14. The summed E-state index contributed by atoms with van der Waals surface area (Å²) in [5.74, 6) is -0.795. The van der Waals surface area contributed by atoms with E-state index in [1.54, 1.807) is 0 Å². The Balaban J connectivity index is 2.68. The third-order valence-corrected chi connectivity index (χ3v) is 2.92. The predicted molar refractivity (Wildman–Crippen MR) is 76.5 cm³/mol. The van der Waals surface area contributed by atoms with Gasteiger partial charge in [-0.05, 0) is 12.5 Å². The standard InChI is InChI=1S/C14H20N2O5/c1-3-4-5-6-7-10-21-13-12(16(18)19)9-8-11(15-13)14(17)20-2/h8-9H,3-7,10H2,1-2H3. The molecule has 0 aliphatic carbocycles. The largest absolute Gasteiger partial charge is 0.473 e. The average molecular weight is 296 g/mol. The molecular formula is C14H20N2O5. The van der Waals surface area contributed by atoms with Crippen molar-refractivity contribution in [2.75, 3.05) is 13.7 Å². The quantitative estimate of drug-likeness (QED) is 0.301. The van der Waals surface area contributed by atoms with E-state index in [1.165, 1.54) is 19.2 Å². The number of nitro groups is 1. The third-order valence-electron chi connectivity index (χ3n) is 2.92. The highest BCUT2D eigenvalue weighted by atomic mass is 16.6. The van der Waals surface area contributed by atoms with Gasteiger partial charge in [0.05, 0.1) is 18.6 Å². The van der Waals surface area contributed by atoms with E-state index in [0.717, 1.165) is 32.1 Å². The number of unbranched alkanes of at least 4 members (excludes halogenated alkanes) is 4. The Labute approximate surface area is 123 Å². The van der Waals surface area contributed by atoms with Crippen LogP contribution >= 0.6 is 0 Å². The van der Waals surface area contributed by atoms with Gasteiger partial charge < -0.3 is 9.47 Å². The van der Waals surface area contributed by atoms with Crippen LogP contribution in [-0.2, 0) is 4.74 Å². The average Bonchev–Trinajstić information content (AvgIpc) is 2.49. The molecule has 0 amide bonds. The Bertz CT molecular complexity index is 490. The Morgan fingerprint density at radius 2 is 2.00 bits per heavy atom. The second-order valence-corrected chi connectivity index (χ2v) is 4.53. The van der Waals surface area contributed by atoms with Gasteiger partial charge in [-0.1, -0.05) is 32.6 Å². The summed E-state index contributed by atoms with van der Waals surface area (Å²) in [5.41, 5.74) is -0.264. The third kappa shape index (κ3) is 5.37. The molecule has 0 saturated heterocycles. The Morgan fingerprint density at radius 3 is 2.62 bits per heavy atom. The van der Waals surface area contributed by atoms with Gasteiger partial charge in [-0.2, -0.15) is 0 Å². The second kappa shape index (κ2) is 8.89. The first-order valence-corrected chi connectivity index (χ1v) is 6.96. The van der Waals surface area contributed by atoms with Crippen LogP contribution in [0.3, 0.4) is 0 Å². The molecule has 0 aliphatic rings. The van der Waals surface area contributed by atoms with Crippen LogP contribution < -0.4 is 4.74 Å². The minimum absolute atomic E-state index is 0.0101. The summed E-state index contributed by atoms with van der Waals surface area (Å²) < 4.78 is 9.89. The fourth-order valence-corrected chi connectivity index (χ4v) is 1.77. The molecule has 0 radical (unpaired) electrons. The molecule has 0 N–H and O–H groups in total. The molecule has 1 heterocycles. The topological polar surface area (TPSA) is 91.6 Å². The second-order valence-electron chi connectivity index (χ2n) is 4.53. The molecule has 0 atom stereocenters. The number of esters is 1. The number of aromatic nitrogens is 1. The number of hydrogen-bond donors (Lipinski definition) is 0. The zero-order valence-electron chi connectivity index (χ0n) is 12.3. The number of nitrogens with zero attached hydrogens (tertiary/aromatic N) is 2. The fourth-order valence-electron chi connectivity index (χ4n) is 1.77. The lowest BCUT2D eigenvalue weighted by atomic mass is 10.2. The van der Waals surface area contributed by atoms with Crippen molar-refractivity contribution < 1.29 is 19.2 Å². The highest BCUT2D eigenvalue weighted by Gasteiger charge is 2.20. The predicted octanol–water partition coefficient (Wildman–Crippen LogP) is 3.13. The van der Waals surface area contributed by atoms with Gasteiger partial charge in [0, 0.05) is 6.07 Å². The van der Waals surface area contributed by atoms with Crippen molar-refractivity contribution in [1.82, 2.24) is 4.98 Å². The summed E-state index contributed by atoms with van der Waals surface area (Å²) in [4.78, 5) is 25.6. The van der Waals surface area contributed by atoms with Crippen LogP contribution in [0, 0.1) is 10.1 Å². The lowest BCUT2D eigenvalue weighted by Gasteiger charge is -2.07. The zero-order valence-corrected chi connectivity index (χ0v) is 12.3. The van der Waals surface area contributed by atoms with Crippen LogP contribution in [0.1, 0.15) is 49.5 Å². The normalized spacial score (nSPS) is 10.2. The molecular weight excluding hydrogens is 276 g/mol. The summed E-state index contributed by atoms with van der Waals surface area (Å²) >= 11 is 0. The van der Waals surface area contributed by atoms with Gasteiger partial charge in [0.25, 0.3) is 5.88 Å². The number of carbonyl (C=O) groups is 1. The molecule has 0 fully saturated rings. The van der Waals surface area contributed by atoms with Crippen LogP contribution in [0.5, 0.6) is 5.88 Å². The maximum absolute atomic E-state index is 11.4. The first kappa shape index (κ1) is 16.9. The molecule has 0 saturated carbocycles. The molecule has 0 unspecified atom stereocenters. The molecule has 7 heteroatoms. The molecule has 0 spiro atoms. The lowest BCUT2D eigenvalue weighted by Crippen LogP contribution is -2.08. The van der Waals surface area contributed by atoms with Crippen molar-refractivity contribution in [3.63, 3.8) is 0 Å². The van der Waals surface area contributed by atoms with Crippen LogP contribution in [0.25, 0.3) is 0 Å². The molecule has 0 bridgehead atoms. The molecule has 1 aromatic rings. The number of rotatable bonds is 9. The Morgan fingerprint density at radius 1 is 1.29 bits per heavy atom. The summed E-state index contributed by atoms with van der Waals surface area (Å²) in [5, 5.41) is 10.9. The van der Waals surface area contributed by atoms with E-state index >= 15 is 0 Å². The molecule has 1 rings (SSSR count). The minimum atomic E-state index is -0.655. The highest BCUT2D eigenvalue weighted by molar-refractivity contribution is 5.87. The van der Waals surface area contributed by atoms with Gasteiger partial charge in [0.1, 0.15) is 0 Å². The van der Waals surface area contributed by atoms with Crippen molar-refractivity contribution in [3.05, 3.63) is 27.9 Å². The van der Waals surface area contributed by atoms with Crippen molar-refractivity contribution >= 4 is 11.7 Å². The van der Waals surface area contributed by atoms with E-state index in [0.29, 0.717) is 6.61 Å². The molecule has 21 heavy (non-hydrogen) atoms. The molecule has 0 aromatic carbocycles. The van der Waals surface area contributed by atoms with E-state index in [2.05, 4.69) is 16.6 Å². The van der Waals surface area contributed by atoms with Crippen LogP contribution in [0.2, 0.25) is 0 Å².